The van der Waals surface area contributed by atoms with Crippen molar-refractivity contribution < 1.29 is 38.4 Å². The van der Waals surface area contributed by atoms with Gasteiger partial charge in [0.05, 0.1) is 51.2 Å². The number of hydrogen-bond donors (Lipinski definition) is 0. The van der Waals surface area contributed by atoms with Crippen LogP contribution in [0.25, 0.3) is 90.9 Å². The van der Waals surface area contributed by atoms with E-state index in [1.54, 1.807) is 28.4 Å². The summed E-state index contributed by atoms with van der Waals surface area (Å²) in [5.41, 5.74) is 13.7. The zero-order valence-electron chi connectivity index (χ0n) is 31.6. The predicted molar refractivity (Wildman–Crippen MR) is 225 cm³/mol. The Morgan fingerprint density at radius 3 is 0.719 bits per heavy atom. The fourth-order valence-corrected chi connectivity index (χ4v) is 7.30. The van der Waals surface area contributed by atoms with Crippen LogP contribution in [0.3, 0.4) is 0 Å². The van der Waals surface area contributed by atoms with Crippen molar-refractivity contribution in [2.75, 3.05) is 28.4 Å². The van der Waals surface area contributed by atoms with Gasteiger partial charge in [-0.25, -0.2) is 9.97 Å². The van der Waals surface area contributed by atoms with Crippen LogP contribution in [0.2, 0.25) is 0 Å². The Morgan fingerprint density at radius 2 is 0.526 bits per heavy atom. The van der Waals surface area contributed by atoms with Gasteiger partial charge in [-0.1, -0.05) is 72.8 Å². The summed E-state index contributed by atoms with van der Waals surface area (Å²) in [5.74, 6) is 3.06. The van der Waals surface area contributed by atoms with E-state index in [1.165, 1.54) is 0 Å². The van der Waals surface area contributed by atoms with Crippen LogP contribution >= 0.6 is 0 Å². The molecule has 2 aliphatic rings. The molecule has 9 heteroatoms. The summed E-state index contributed by atoms with van der Waals surface area (Å²) in [6, 6.07) is 40.3. The number of ether oxygens (including phenoxy) is 4. The van der Waals surface area contributed by atoms with Crippen molar-refractivity contribution in [3.63, 3.8) is 0 Å². The summed E-state index contributed by atoms with van der Waals surface area (Å²) in [6.07, 6.45) is 8.23. The van der Waals surface area contributed by atoms with E-state index in [2.05, 4.69) is 48.6 Å². The molecule has 0 unspecified atom stereocenters. The molecule has 5 heterocycles. The van der Waals surface area contributed by atoms with Crippen molar-refractivity contribution in [2.45, 2.75) is 0 Å². The van der Waals surface area contributed by atoms with Crippen LogP contribution in [-0.2, 0) is 19.5 Å². The van der Waals surface area contributed by atoms with Crippen LogP contribution in [0, 0.1) is 0 Å². The number of methoxy groups -OCH3 is 4. The fraction of sp³-hybridized carbons (Fsp3) is 0.0833. The summed E-state index contributed by atoms with van der Waals surface area (Å²) in [5, 5.41) is 0. The minimum Gasteiger partial charge on any atom is -0.657 e. The first-order valence-electron chi connectivity index (χ1n) is 18.2. The summed E-state index contributed by atoms with van der Waals surface area (Å²) in [4.78, 5) is 21.4. The average Bonchev–Trinajstić information content (AvgIpc) is 4.10. The van der Waals surface area contributed by atoms with Gasteiger partial charge in [0.1, 0.15) is 23.0 Å². The molecular formula is C48H36N4O4Rh. The Morgan fingerprint density at radius 1 is 0.316 bits per heavy atom. The molecule has 0 N–H and O–H groups in total. The van der Waals surface area contributed by atoms with E-state index in [9.17, 15) is 0 Å². The Hall–Kier alpha value is -6.70. The van der Waals surface area contributed by atoms with Crippen LogP contribution in [-0.4, -0.2) is 38.4 Å². The van der Waals surface area contributed by atoms with Crippen LogP contribution in [0.15, 0.2) is 121 Å². The molecule has 3 aromatic heterocycles. The fourth-order valence-electron chi connectivity index (χ4n) is 7.30. The summed E-state index contributed by atoms with van der Waals surface area (Å²) in [7, 11) is 6.67. The van der Waals surface area contributed by atoms with Crippen molar-refractivity contribution in [1.82, 2.24) is 19.9 Å². The van der Waals surface area contributed by atoms with E-state index >= 15 is 0 Å². The van der Waals surface area contributed by atoms with Crippen molar-refractivity contribution in [3.05, 3.63) is 144 Å². The molecule has 0 amide bonds. The van der Waals surface area contributed by atoms with Gasteiger partial charge in [-0.05, 0) is 117 Å². The molecule has 57 heavy (non-hydrogen) atoms. The Labute approximate surface area is 343 Å². The third kappa shape index (κ3) is 7.03. The normalized spacial score (nSPS) is 11.6. The second-order valence-corrected chi connectivity index (χ2v) is 13.3. The SMILES string of the molecule is COc1ccc(-c2c3nc(c(-c4ccc(OC)cc4)c4ccc([n-]4)c(-c4ccc(OC)cc4)c4nc(c(-c5ccc(OC)cc5)c5ccc2[n-]5)C=C4)C=C3)cc1.[Rh+2]. The standard InChI is InChI=1S/C48H36N4O4.Rh/c1-53-33-13-5-29(6-14-33)45-37-21-23-39(49-37)46(30-7-15-34(54-2)16-8-30)41-25-27-43(51-41)48(32-11-19-36(56-4)20-12-32)44-28-26-42(52-44)47(40-24-22-38(45)50-40)31-9-17-35(55-3)18-10-31;/h5-28H,1-4H3;/q-2;+2. The van der Waals surface area contributed by atoms with E-state index < -0.39 is 0 Å². The van der Waals surface area contributed by atoms with E-state index in [1.807, 2.05) is 97.1 Å². The van der Waals surface area contributed by atoms with Crippen LogP contribution in [0.1, 0.15) is 22.8 Å². The van der Waals surface area contributed by atoms with Crippen LogP contribution < -0.4 is 28.9 Å². The summed E-state index contributed by atoms with van der Waals surface area (Å²) >= 11 is 0. The third-order valence-corrected chi connectivity index (χ3v) is 10.1. The molecule has 0 fully saturated rings. The molecular weight excluding hydrogens is 799 g/mol. The van der Waals surface area contributed by atoms with Gasteiger partial charge in [-0.3, -0.25) is 0 Å². The van der Waals surface area contributed by atoms with Crippen molar-refractivity contribution in [2.24, 2.45) is 0 Å². The van der Waals surface area contributed by atoms with E-state index in [0.29, 0.717) is 0 Å². The first kappa shape index (κ1) is 37.2. The number of rotatable bonds is 8. The monoisotopic (exact) mass is 835 g/mol. The molecule has 8 bridgehead atoms. The molecule has 8 nitrogen and oxygen atoms in total. The zero-order valence-corrected chi connectivity index (χ0v) is 33.3. The number of benzene rings is 4. The van der Waals surface area contributed by atoms with Crippen molar-refractivity contribution in [3.8, 4) is 67.5 Å². The molecule has 281 valence electrons. The minimum absolute atomic E-state index is 0. The molecule has 0 aliphatic carbocycles. The molecule has 0 saturated carbocycles. The summed E-state index contributed by atoms with van der Waals surface area (Å²) < 4.78 is 22.1. The smallest absolute Gasteiger partial charge is 0.657 e. The molecule has 0 saturated heterocycles. The van der Waals surface area contributed by atoms with E-state index in [0.717, 1.165) is 112 Å². The number of aromatic nitrogens is 4. The van der Waals surface area contributed by atoms with Crippen LogP contribution in [0.5, 0.6) is 23.0 Å². The maximum absolute atomic E-state index is 5.52. The van der Waals surface area contributed by atoms with E-state index in [4.69, 9.17) is 38.9 Å². The predicted octanol–water partition coefficient (Wildman–Crippen LogP) is 10.6. The Kier molecular flexibility index (Phi) is 10.3. The first-order valence-corrected chi connectivity index (χ1v) is 18.2. The first-order chi connectivity index (χ1) is 27.5. The molecule has 9 rings (SSSR count). The molecule has 2 aliphatic heterocycles. The largest absolute Gasteiger partial charge is 2.00 e. The van der Waals surface area contributed by atoms with Crippen molar-refractivity contribution >= 4 is 46.4 Å². The van der Waals surface area contributed by atoms with Gasteiger partial charge >= 0.3 is 19.5 Å². The van der Waals surface area contributed by atoms with Gasteiger partial charge in [0.2, 0.25) is 0 Å². The second-order valence-electron chi connectivity index (χ2n) is 13.3. The van der Waals surface area contributed by atoms with Gasteiger partial charge in [-0.15, -0.1) is 22.1 Å². The maximum Gasteiger partial charge on any atom is 2.00 e. The Balaban J connectivity index is 0.00000455. The topological polar surface area (TPSA) is 90.9 Å². The number of nitrogens with zero attached hydrogens (tertiary/aromatic N) is 4. The van der Waals surface area contributed by atoms with Crippen LogP contribution in [0.4, 0.5) is 0 Å². The average molecular weight is 836 g/mol. The molecule has 7 aromatic rings. The Bertz CT molecular complexity index is 2440. The van der Waals surface area contributed by atoms with Crippen molar-refractivity contribution in [1.29, 1.82) is 0 Å². The van der Waals surface area contributed by atoms with Gasteiger partial charge in [0.25, 0.3) is 0 Å². The molecule has 1 radical (unpaired) electrons. The zero-order chi connectivity index (χ0) is 38.2. The third-order valence-electron chi connectivity index (χ3n) is 10.1. The quantitative estimate of drug-likeness (QED) is 0.140. The van der Waals surface area contributed by atoms with Gasteiger partial charge in [-0.2, -0.15) is 0 Å². The number of hydrogen-bond acceptors (Lipinski definition) is 6. The van der Waals surface area contributed by atoms with E-state index in [-0.39, 0.29) is 19.5 Å². The minimum atomic E-state index is 0. The second kappa shape index (κ2) is 15.8. The van der Waals surface area contributed by atoms with Gasteiger partial charge in [0.15, 0.2) is 0 Å². The molecule has 0 spiro atoms. The summed E-state index contributed by atoms with van der Waals surface area (Å²) in [6.45, 7) is 0. The van der Waals surface area contributed by atoms with Gasteiger partial charge in [0, 0.05) is 0 Å². The molecule has 4 aromatic carbocycles. The maximum atomic E-state index is 5.52. The molecule has 0 atom stereocenters. The van der Waals surface area contributed by atoms with Gasteiger partial charge < -0.3 is 28.9 Å². The number of fused-ring (bicyclic) bond motifs is 8.